The van der Waals surface area contributed by atoms with Crippen molar-refractivity contribution in [2.75, 3.05) is 0 Å². The van der Waals surface area contributed by atoms with E-state index >= 15 is 0 Å². The first-order valence-corrected chi connectivity index (χ1v) is 5.82. The van der Waals surface area contributed by atoms with Crippen molar-refractivity contribution < 1.29 is 13.2 Å². The highest BCUT2D eigenvalue weighted by atomic mass is 35.5. The molecule has 0 aliphatic heterocycles. The maximum Gasteiger partial charge on any atom is 0.406 e. The van der Waals surface area contributed by atoms with Gasteiger partial charge in [0.15, 0.2) is 0 Å². The fourth-order valence-corrected chi connectivity index (χ4v) is 2.01. The van der Waals surface area contributed by atoms with Crippen LogP contribution in [0.1, 0.15) is 31.4 Å². The number of nitrogens with one attached hydrogen (secondary N) is 1. The highest BCUT2D eigenvalue weighted by Gasteiger charge is 2.63. The molecule has 94 valence electrons. The molecule has 1 saturated carbocycles. The lowest BCUT2D eigenvalue weighted by Crippen LogP contribution is -2.45. The molecule has 1 aromatic carbocycles. The number of hydrogen-bond acceptors (Lipinski definition) is 1. The van der Waals surface area contributed by atoms with Crippen LogP contribution in [0.3, 0.4) is 0 Å². The van der Waals surface area contributed by atoms with Crippen LogP contribution in [0.4, 0.5) is 13.2 Å². The molecule has 0 radical (unpaired) electrons. The molecule has 1 N–H and O–H groups in total. The van der Waals surface area contributed by atoms with E-state index in [1.54, 1.807) is 31.2 Å². The van der Waals surface area contributed by atoms with Gasteiger partial charge in [0.2, 0.25) is 0 Å². The Balaban J connectivity index is 2.07. The Hall–Kier alpha value is -0.740. The second-order valence-electron chi connectivity index (χ2n) is 4.50. The van der Waals surface area contributed by atoms with Gasteiger partial charge in [-0.25, -0.2) is 0 Å². The van der Waals surface area contributed by atoms with Crippen molar-refractivity contribution >= 4 is 11.6 Å². The molecule has 0 heterocycles. The van der Waals surface area contributed by atoms with Crippen LogP contribution in [0.5, 0.6) is 0 Å². The van der Waals surface area contributed by atoms with Gasteiger partial charge in [0, 0.05) is 11.1 Å². The van der Waals surface area contributed by atoms with Crippen LogP contribution in [0, 0.1) is 0 Å². The van der Waals surface area contributed by atoms with Crippen molar-refractivity contribution in [3.05, 3.63) is 34.9 Å². The van der Waals surface area contributed by atoms with Crippen molar-refractivity contribution in [2.24, 2.45) is 0 Å². The van der Waals surface area contributed by atoms with Crippen LogP contribution in [0.15, 0.2) is 24.3 Å². The molecule has 0 aromatic heterocycles. The van der Waals surface area contributed by atoms with Crippen LogP contribution in [-0.2, 0) is 0 Å². The topological polar surface area (TPSA) is 12.0 Å². The predicted octanol–water partition coefficient (Wildman–Crippen LogP) is 4.09. The van der Waals surface area contributed by atoms with Crippen molar-refractivity contribution in [1.82, 2.24) is 5.32 Å². The summed E-state index contributed by atoms with van der Waals surface area (Å²) in [6.45, 7) is 1.73. The van der Waals surface area contributed by atoms with Crippen molar-refractivity contribution in [3.63, 3.8) is 0 Å². The molecule has 0 bridgehead atoms. The van der Waals surface area contributed by atoms with Gasteiger partial charge >= 0.3 is 6.18 Å². The first-order chi connectivity index (χ1) is 7.84. The molecule has 2 rings (SSSR count). The Morgan fingerprint density at radius 2 is 1.76 bits per heavy atom. The molecule has 1 nitrogen and oxygen atoms in total. The van der Waals surface area contributed by atoms with E-state index in [0.717, 1.165) is 5.56 Å². The lowest BCUT2D eigenvalue weighted by Gasteiger charge is -2.25. The van der Waals surface area contributed by atoms with Gasteiger partial charge in [-0.3, -0.25) is 5.32 Å². The molecule has 1 aromatic rings. The second-order valence-corrected chi connectivity index (χ2v) is 4.93. The molecule has 0 spiro atoms. The summed E-state index contributed by atoms with van der Waals surface area (Å²) in [5, 5.41) is 3.26. The molecule has 1 aliphatic carbocycles. The highest BCUT2D eigenvalue weighted by molar-refractivity contribution is 6.30. The summed E-state index contributed by atoms with van der Waals surface area (Å²) in [7, 11) is 0. The van der Waals surface area contributed by atoms with Gasteiger partial charge < -0.3 is 0 Å². The highest BCUT2D eigenvalue weighted by Crippen LogP contribution is 2.50. The van der Waals surface area contributed by atoms with E-state index < -0.39 is 11.7 Å². The quantitative estimate of drug-likeness (QED) is 0.866. The van der Waals surface area contributed by atoms with Crippen molar-refractivity contribution in [3.8, 4) is 0 Å². The third kappa shape index (κ3) is 2.58. The van der Waals surface area contributed by atoms with E-state index in [0.29, 0.717) is 5.02 Å². The van der Waals surface area contributed by atoms with Gasteiger partial charge in [-0.15, -0.1) is 0 Å². The van der Waals surface area contributed by atoms with E-state index in [-0.39, 0.29) is 18.9 Å². The summed E-state index contributed by atoms with van der Waals surface area (Å²) in [5.41, 5.74) is -0.864. The molecule has 1 atom stereocenters. The number of benzene rings is 1. The summed E-state index contributed by atoms with van der Waals surface area (Å²) in [5.74, 6) is 0. The summed E-state index contributed by atoms with van der Waals surface area (Å²) in [6.07, 6.45) is -3.85. The molecule has 0 amide bonds. The lowest BCUT2D eigenvalue weighted by atomic mass is 10.1. The van der Waals surface area contributed by atoms with Crippen molar-refractivity contribution in [2.45, 2.75) is 37.5 Å². The van der Waals surface area contributed by atoms with E-state index in [2.05, 4.69) is 5.32 Å². The SMILES string of the molecule is CC(NC1(C(F)(F)F)CC1)c1ccc(Cl)cc1. The number of rotatable bonds is 3. The van der Waals surface area contributed by atoms with Gasteiger partial charge in [-0.1, -0.05) is 23.7 Å². The van der Waals surface area contributed by atoms with E-state index in [1.165, 1.54) is 0 Å². The third-order valence-electron chi connectivity index (χ3n) is 3.16. The van der Waals surface area contributed by atoms with Crippen LogP contribution in [0.25, 0.3) is 0 Å². The monoisotopic (exact) mass is 263 g/mol. The smallest absolute Gasteiger partial charge is 0.297 e. The summed E-state index contributed by atoms with van der Waals surface area (Å²) >= 11 is 5.73. The predicted molar refractivity (Wildman–Crippen MR) is 61.0 cm³/mol. The average molecular weight is 264 g/mol. The Morgan fingerprint density at radius 3 is 2.18 bits per heavy atom. The van der Waals surface area contributed by atoms with Gasteiger partial charge in [-0.05, 0) is 37.5 Å². The molecular formula is C12H13ClF3N. The largest absolute Gasteiger partial charge is 0.406 e. The first kappa shape index (κ1) is 12.7. The molecule has 1 unspecified atom stereocenters. The fraction of sp³-hybridized carbons (Fsp3) is 0.500. The minimum Gasteiger partial charge on any atom is -0.297 e. The van der Waals surface area contributed by atoms with Gasteiger partial charge in [-0.2, -0.15) is 13.2 Å². The van der Waals surface area contributed by atoms with E-state index in [4.69, 9.17) is 11.6 Å². The normalized spacial score (nSPS) is 20.1. The zero-order valence-electron chi connectivity index (χ0n) is 9.31. The maximum atomic E-state index is 12.8. The van der Waals surface area contributed by atoms with Crippen molar-refractivity contribution in [1.29, 1.82) is 0 Å². The summed E-state index contributed by atoms with van der Waals surface area (Å²) in [6, 6.07) is 6.51. The average Bonchev–Trinajstić information content (AvgIpc) is 2.98. The van der Waals surface area contributed by atoms with E-state index in [1.807, 2.05) is 0 Å². The van der Waals surface area contributed by atoms with Crippen LogP contribution in [0.2, 0.25) is 5.02 Å². The number of hydrogen-bond donors (Lipinski definition) is 1. The van der Waals surface area contributed by atoms with E-state index in [9.17, 15) is 13.2 Å². The van der Waals surface area contributed by atoms with Crippen LogP contribution in [-0.4, -0.2) is 11.7 Å². The number of halogens is 4. The zero-order valence-corrected chi connectivity index (χ0v) is 10.1. The Kier molecular flexibility index (Phi) is 3.12. The Labute approximate surface area is 103 Å². The molecule has 5 heteroatoms. The standard InChI is InChI=1S/C12H13ClF3N/c1-8(9-2-4-10(13)5-3-9)17-11(6-7-11)12(14,15)16/h2-5,8,17H,6-7H2,1H3. The lowest BCUT2D eigenvalue weighted by molar-refractivity contribution is -0.167. The second kappa shape index (κ2) is 4.18. The third-order valence-corrected chi connectivity index (χ3v) is 3.41. The van der Waals surface area contributed by atoms with Gasteiger partial charge in [0.25, 0.3) is 0 Å². The van der Waals surface area contributed by atoms with Crippen LogP contribution < -0.4 is 5.32 Å². The summed E-state index contributed by atoms with van der Waals surface area (Å²) in [4.78, 5) is 0. The minimum absolute atomic E-state index is 0.161. The molecule has 0 saturated heterocycles. The zero-order chi connectivity index (χ0) is 12.7. The molecule has 1 aliphatic rings. The maximum absolute atomic E-state index is 12.8. The summed E-state index contributed by atoms with van der Waals surface area (Å²) < 4.78 is 38.3. The number of alkyl halides is 3. The molecule has 1 fully saturated rings. The fourth-order valence-electron chi connectivity index (χ4n) is 1.88. The minimum atomic E-state index is -4.17. The Bertz CT molecular complexity index is 395. The molecular weight excluding hydrogens is 251 g/mol. The van der Waals surface area contributed by atoms with Gasteiger partial charge in [0.1, 0.15) is 5.54 Å². The molecule has 17 heavy (non-hydrogen) atoms. The van der Waals surface area contributed by atoms with Crippen LogP contribution >= 0.6 is 11.6 Å². The first-order valence-electron chi connectivity index (χ1n) is 5.44. The van der Waals surface area contributed by atoms with Gasteiger partial charge in [0.05, 0.1) is 0 Å². The Morgan fingerprint density at radius 1 is 1.24 bits per heavy atom.